The van der Waals surface area contributed by atoms with Gasteiger partial charge in [-0.05, 0) is 25.3 Å². The van der Waals surface area contributed by atoms with Crippen molar-refractivity contribution in [3.8, 4) is 0 Å². The van der Waals surface area contributed by atoms with Crippen molar-refractivity contribution in [2.75, 3.05) is 13.2 Å². The number of aryl methyl sites for hydroxylation is 1. The molecule has 1 aromatic rings. The standard InChI is InChI=1S/C13H15FN2O4/c1-8-4-9(16(19)20)5-10(11(8)14)12(18)15-6-13(7-17)2-3-13/h4-5,17H,2-3,6-7H2,1H3,(H,15,18). The summed E-state index contributed by atoms with van der Waals surface area (Å²) in [5, 5.41) is 22.4. The van der Waals surface area contributed by atoms with Crippen molar-refractivity contribution >= 4 is 11.6 Å². The van der Waals surface area contributed by atoms with Crippen LogP contribution < -0.4 is 5.32 Å². The number of carbonyl (C=O) groups excluding carboxylic acids is 1. The van der Waals surface area contributed by atoms with Gasteiger partial charge in [0.1, 0.15) is 5.82 Å². The SMILES string of the molecule is Cc1cc([N+](=O)[O-])cc(C(=O)NCC2(CO)CC2)c1F. The number of hydrogen-bond acceptors (Lipinski definition) is 4. The summed E-state index contributed by atoms with van der Waals surface area (Å²) in [6.45, 7) is 1.57. The molecule has 0 unspecified atom stereocenters. The highest BCUT2D eigenvalue weighted by Crippen LogP contribution is 2.44. The maximum absolute atomic E-state index is 13.9. The van der Waals surface area contributed by atoms with Crippen LogP contribution in [0.5, 0.6) is 0 Å². The average molecular weight is 282 g/mol. The summed E-state index contributed by atoms with van der Waals surface area (Å²) in [7, 11) is 0. The van der Waals surface area contributed by atoms with E-state index in [0.29, 0.717) is 0 Å². The molecule has 0 radical (unpaired) electrons. The maximum atomic E-state index is 13.9. The molecule has 1 aliphatic carbocycles. The van der Waals surface area contributed by atoms with E-state index in [0.717, 1.165) is 25.0 Å². The number of hydrogen-bond donors (Lipinski definition) is 2. The molecule has 6 nitrogen and oxygen atoms in total. The number of nitrogens with one attached hydrogen (secondary N) is 1. The minimum Gasteiger partial charge on any atom is -0.396 e. The molecule has 0 atom stereocenters. The van der Waals surface area contributed by atoms with Crippen molar-refractivity contribution in [2.45, 2.75) is 19.8 Å². The lowest BCUT2D eigenvalue weighted by atomic mass is 10.1. The molecule has 0 bridgehead atoms. The van der Waals surface area contributed by atoms with Crippen LogP contribution in [0, 0.1) is 28.3 Å². The highest BCUT2D eigenvalue weighted by atomic mass is 19.1. The van der Waals surface area contributed by atoms with Crippen molar-refractivity contribution in [1.82, 2.24) is 5.32 Å². The van der Waals surface area contributed by atoms with Crippen molar-refractivity contribution in [3.63, 3.8) is 0 Å². The summed E-state index contributed by atoms with van der Waals surface area (Å²) >= 11 is 0. The van der Waals surface area contributed by atoms with Gasteiger partial charge in [0.05, 0.1) is 17.1 Å². The van der Waals surface area contributed by atoms with E-state index >= 15 is 0 Å². The first-order valence-corrected chi connectivity index (χ1v) is 6.22. The fourth-order valence-electron chi connectivity index (χ4n) is 1.95. The van der Waals surface area contributed by atoms with Crippen molar-refractivity contribution in [1.29, 1.82) is 0 Å². The summed E-state index contributed by atoms with van der Waals surface area (Å²) in [5.74, 6) is -1.46. The number of rotatable bonds is 5. The highest BCUT2D eigenvalue weighted by Gasteiger charge is 2.42. The molecule has 0 aliphatic heterocycles. The van der Waals surface area contributed by atoms with E-state index in [1.807, 2.05) is 0 Å². The fraction of sp³-hybridized carbons (Fsp3) is 0.462. The number of benzene rings is 1. The molecule has 1 aliphatic rings. The van der Waals surface area contributed by atoms with Crippen LogP contribution in [0.15, 0.2) is 12.1 Å². The Morgan fingerprint density at radius 1 is 1.55 bits per heavy atom. The Labute approximate surface area is 114 Å². The van der Waals surface area contributed by atoms with E-state index in [4.69, 9.17) is 5.11 Å². The Balaban J connectivity index is 2.18. The van der Waals surface area contributed by atoms with Gasteiger partial charge in [-0.3, -0.25) is 14.9 Å². The van der Waals surface area contributed by atoms with E-state index in [1.54, 1.807) is 0 Å². The quantitative estimate of drug-likeness (QED) is 0.633. The van der Waals surface area contributed by atoms with Gasteiger partial charge in [0, 0.05) is 24.1 Å². The number of non-ortho nitro benzene ring substituents is 1. The predicted molar refractivity (Wildman–Crippen MR) is 68.9 cm³/mol. The summed E-state index contributed by atoms with van der Waals surface area (Å²) in [4.78, 5) is 22.0. The normalized spacial score (nSPS) is 15.8. The molecule has 20 heavy (non-hydrogen) atoms. The monoisotopic (exact) mass is 282 g/mol. The van der Waals surface area contributed by atoms with Crippen LogP contribution in [-0.2, 0) is 0 Å². The van der Waals surface area contributed by atoms with Crippen LogP contribution in [0.3, 0.4) is 0 Å². The lowest BCUT2D eigenvalue weighted by molar-refractivity contribution is -0.385. The van der Waals surface area contributed by atoms with E-state index in [2.05, 4.69) is 5.32 Å². The summed E-state index contributed by atoms with van der Waals surface area (Å²) in [6, 6.07) is 2.01. The van der Waals surface area contributed by atoms with Crippen LogP contribution >= 0.6 is 0 Å². The average Bonchev–Trinajstić information content (AvgIpc) is 3.19. The van der Waals surface area contributed by atoms with Gasteiger partial charge < -0.3 is 10.4 Å². The number of nitro benzene ring substituents is 1. The third-order valence-corrected chi connectivity index (χ3v) is 3.61. The summed E-state index contributed by atoms with van der Waals surface area (Å²) in [5.41, 5.74) is -0.919. The molecule has 1 aromatic carbocycles. The van der Waals surface area contributed by atoms with Crippen molar-refractivity contribution in [2.24, 2.45) is 5.41 Å². The molecule has 7 heteroatoms. The summed E-state index contributed by atoms with van der Waals surface area (Å²) in [6.07, 6.45) is 1.61. The zero-order valence-electron chi connectivity index (χ0n) is 11.0. The maximum Gasteiger partial charge on any atom is 0.270 e. The molecule has 1 amide bonds. The van der Waals surface area contributed by atoms with Crippen LogP contribution in [-0.4, -0.2) is 29.1 Å². The van der Waals surface area contributed by atoms with Crippen LogP contribution in [0.25, 0.3) is 0 Å². The molecule has 108 valence electrons. The van der Waals surface area contributed by atoms with Crippen LogP contribution in [0.4, 0.5) is 10.1 Å². The minimum absolute atomic E-state index is 0.0380. The molecule has 0 spiro atoms. The van der Waals surface area contributed by atoms with Gasteiger partial charge in [-0.2, -0.15) is 0 Å². The highest BCUT2D eigenvalue weighted by molar-refractivity contribution is 5.95. The first-order valence-electron chi connectivity index (χ1n) is 6.22. The van der Waals surface area contributed by atoms with Gasteiger partial charge in [-0.15, -0.1) is 0 Å². The molecular weight excluding hydrogens is 267 g/mol. The zero-order chi connectivity index (χ0) is 14.9. The van der Waals surface area contributed by atoms with Crippen molar-refractivity contribution < 1.29 is 19.2 Å². The number of halogens is 1. The van der Waals surface area contributed by atoms with Gasteiger partial charge in [0.2, 0.25) is 0 Å². The second-order valence-corrected chi connectivity index (χ2v) is 5.22. The van der Waals surface area contributed by atoms with Gasteiger partial charge in [-0.1, -0.05) is 0 Å². The lowest BCUT2D eigenvalue weighted by Gasteiger charge is -2.13. The molecule has 1 saturated carbocycles. The van der Waals surface area contributed by atoms with Crippen LogP contribution in [0.1, 0.15) is 28.8 Å². The third kappa shape index (κ3) is 2.77. The van der Waals surface area contributed by atoms with E-state index < -0.39 is 16.6 Å². The minimum atomic E-state index is -0.762. The number of nitro groups is 1. The molecule has 2 rings (SSSR count). The summed E-state index contributed by atoms with van der Waals surface area (Å²) < 4.78 is 13.9. The van der Waals surface area contributed by atoms with Gasteiger partial charge >= 0.3 is 0 Å². The Morgan fingerprint density at radius 2 is 2.20 bits per heavy atom. The molecule has 0 heterocycles. The van der Waals surface area contributed by atoms with Gasteiger partial charge in [0.15, 0.2) is 0 Å². The van der Waals surface area contributed by atoms with E-state index in [1.165, 1.54) is 6.92 Å². The van der Waals surface area contributed by atoms with Gasteiger partial charge in [-0.25, -0.2) is 4.39 Å². The molecule has 2 N–H and O–H groups in total. The predicted octanol–water partition coefficient (Wildman–Crippen LogP) is 1.54. The number of carbonyl (C=O) groups is 1. The Kier molecular flexibility index (Phi) is 3.71. The second kappa shape index (κ2) is 5.16. The largest absolute Gasteiger partial charge is 0.396 e. The molecule has 0 saturated heterocycles. The van der Waals surface area contributed by atoms with Crippen LogP contribution in [0.2, 0.25) is 0 Å². The van der Waals surface area contributed by atoms with E-state index in [-0.39, 0.29) is 35.4 Å². The number of aliphatic hydroxyl groups excluding tert-OH is 1. The second-order valence-electron chi connectivity index (χ2n) is 5.22. The topological polar surface area (TPSA) is 92.5 Å². The molecular formula is C13H15FN2O4. The number of nitrogens with zero attached hydrogens (tertiary/aromatic N) is 1. The Hall–Kier alpha value is -2.02. The zero-order valence-corrected chi connectivity index (χ0v) is 11.0. The smallest absolute Gasteiger partial charge is 0.270 e. The first-order chi connectivity index (χ1) is 9.38. The fourth-order valence-corrected chi connectivity index (χ4v) is 1.95. The van der Waals surface area contributed by atoms with E-state index in [9.17, 15) is 19.3 Å². The van der Waals surface area contributed by atoms with Gasteiger partial charge in [0.25, 0.3) is 11.6 Å². The van der Waals surface area contributed by atoms with Crippen molar-refractivity contribution in [3.05, 3.63) is 39.2 Å². The lowest BCUT2D eigenvalue weighted by Crippen LogP contribution is -2.32. The Bertz CT molecular complexity index is 570. The number of aliphatic hydroxyl groups is 1. The molecule has 1 fully saturated rings. The Morgan fingerprint density at radius 3 is 2.70 bits per heavy atom. The first kappa shape index (κ1) is 14.4. The third-order valence-electron chi connectivity index (χ3n) is 3.61. The molecule has 0 aromatic heterocycles. The number of amides is 1.